The molecule has 0 saturated heterocycles. The number of benzene rings is 1. The molecule has 1 aliphatic carbocycles. The average Bonchev–Trinajstić information content (AvgIpc) is 3.41. The first-order valence-electron chi connectivity index (χ1n) is 11.4. The van der Waals surface area contributed by atoms with Crippen molar-refractivity contribution in [1.29, 1.82) is 0 Å². The Kier molecular flexibility index (Phi) is 7.92. The van der Waals surface area contributed by atoms with Crippen LogP contribution in [0.2, 0.25) is 0 Å². The number of carbonyl (C=O) groups is 1. The minimum atomic E-state index is -4.83. The van der Waals surface area contributed by atoms with Crippen molar-refractivity contribution in [2.45, 2.75) is 37.6 Å². The highest BCUT2D eigenvalue weighted by atomic mass is 32.2. The minimum absolute atomic E-state index is 0.0621. The Morgan fingerprint density at radius 2 is 2.08 bits per heavy atom. The normalized spacial score (nSPS) is 21.6. The molecular formula is C23H23F4N5O6S. The van der Waals surface area contributed by atoms with E-state index in [1.54, 1.807) is 10.6 Å². The van der Waals surface area contributed by atoms with E-state index in [0.717, 1.165) is 6.33 Å². The number of hydrogen-bond donors (Lipinski definition) is 3. The summed E-state index contributed by atoms with van der Waals surface area (Å²) in [5.74, 6) is -4.51. The fourth-order valence-corrected chi connectivity index (χ4v) is 4.61. The molecule has 0 bridgehead atoms. The van der Waals surface area contributed by atoms with Gasteiger partial charge < -0.3 is 19.7 Å². The Morgan fingerprint density at radius 3 is 2.79 bits per heavy atom. The first kappa shape index (κ1) is 28.4. The van der Waals surface area contributed by atoms with E-state index in [0.29, 0.717) is 5.56 Å². The third kappa shape index (κ3) is 7.29. The molecule has 0 spiro atoms. The van der Waals surface area contributed by atoms with Crippen molar-refractivity contribution in [3.05, 3.63) is 71.9 Å². The maximum atomic E-state index is 15.6. The molecule has 4 rings (SSSR count). The molecule has 2 heterocycles. The zero-order valence-electron chi connectivity index (χ0n) is 20.0. The summed E-state index contributed by atoms with van der Waals surface area (Å²) in [5, 5.41) is 17.7. The molecule has 39 heavy (non-hydrogen) atoms. The molecular weight excluding hydrogens is 550 g/mol. The van der Waals surface area contributed by atoms with Crippen molar-refractivity contribution in [3.8, 4) is 5.75 Å². The Morgan fingerprint density at radius 1 is 1.31 bits per heavy atom. The summed E-state index contributed by atoms with van der Waals surface area (Å²) < 4.78 is 85.2. The molecule has 1 aliphatic rings. The third-order valence-corrected chi connectivity index (χ3v) is 6.50. The van der Waals surface area contributed by atoms with Gasteiger partial charge in [0, 0.05) is 43.0 Å². The molecule has 0 unspecified atom stereocenters. The molecule has 3 atom stereocenters. The number of nitrogens with two attached hydrogens (primary N) is 1. The van der Waals surface area contributed by atoms with E-state index in [1.807, 2.05) is 0 Å². The van der Waals surface area contributed by atoms with Crippen LogP contribution in [0.3, 0.4) is 0 Å². The zero-order valence-corrected chi connectivity index (χ0v) is 20.8. The van der Waals surface area contributed by atoms with Crippen molar-refractivity contribution < 1.29 is 44.8 Å². The van der Waals surface area contributed by atoms with Gasteiger partial charge in [-0.25, -0.2) is 19.5 Å². The summed E-state index contributed by atoms with van der Waals surface area (Å²) in [4.78, 5) is 21.0. The standard InChI is InChI=1S/C23H23F4N5O6S/c24-22(6-4-16(20(22)34)12-37-39(28,35)36)31-21-18(9-29-13-30-21)19(33)15-5-7-32(11-15)10-14-2-1-3-17(8-14)38-23(25,26)27/h1-3,5,7-9,11,13,16,20,34H,4,6,10,12H2,(H2,28,35,36)(H,29,30,31)/t16-,20-,22-/m1/s1. The van der Waals surface area contributed by atoms with Crippen LogP contribution in [0, 0.1) is 5.92 Å². The van der Waals surface area contributed by atoms with E-state index in [4.69, 9.17) is 5.14 Å². The first-order chi connectivity index (χ1) is 18.2. The highest BCUT2D eigenvalue weighted by Gasteiger charge is 2.49. The van der Waals surface area contributed by atoms with Gasteiger partial charge in [0.2, 0.25) is 5.79 Å². The highest BCUT2D eigenvalue weighted by Crippen LogP contribution is 2.39. The number of aliphatic hydroxyl groups excluding tert-OH is 1. The summed E-state index contributed by atoms with van der Waals surface area (Å²) in [6, 6.07) is 6.84. The number of aromatic nitrogens is 3. The number of nitrogens with zero attached hydrogens (tertiary/aromatic N) is 3. The van der Waals surface area contributed by atoms with Crippen LogP contribution in [0.4, 0.5) is 23.4 Å². The smallest absolute Gasteiger partial charge is 0.406 e. The second-order valence-electron chi connectivity index (χ2n) is 8.89. The van der Waals surface area contributed by atoms with Crippen LogP contribution in [0.15, 0.2) is 55.2 Å². The molecule has 0 aliphatic heterocycles. The molecule has 1 saturated carbocycles. The Hall–Kier alpha value is -3.60. The Labute approximate surface area is 219 Å². The van der Waals surface area contributed by atoms with Crippen LogP contribution < -0.4 is 15.2 Å². The number of anilines is 1. The van der Waals surface area contributed by atoms with Crippen molar-refractivity contribution >= 4 is 21.9 Å². The van der Waals surface area contributed by atoms with Crippen LogP contribution in [0.1, 0.15) is 34.3 Å². The van der Waals surface area contributed by atoms with E-state index in [9.17, 15) is 31.5 Å². The number of aliphatic hydroxyl groups is 1. The maximum absolute atomic E-state index is 15.6. The largest absolute Gasteiger partial charge is 0.573 e. The second kappa shape index (κ2) is 10.9. The van der Waals surface area contributed by atoms with Crippen molar-refractivity contribution in [1.82, 2.24) is 14.5 Å². The summed E-state index contributed by atoms with van der Waals surface area (Å²) >= 11 is 0. The van der Waals surface area contributed by atoms with Gasteiger partial charge in [0.1, 0.15) is 24.0 Å². The number of ketones is 1. The van der Waals surface area contributed by atoms with Crippen LogP contribution >= 0.6 is 0 Å². The van der Waals surface area contributed by atoms with Crippen LogP contribution in [0.5, 0.6) is 5.75 Å². The van der Waals surface area contributed by atoms with E-state index in [1.165, 1.54) is 42.9 Å². The lowest BCUT2D eigenvalue weighted by Crippen LogP contribution is -2.44. The van der Waals surface area contributed by atoms with Gasteiger partial charge in [-0.2, -0.15) is 8.42 Å². The lowest BCUT2D eigenvalue weighted by atomic mass is 10.0. The molecule has 0 radical (unpaired) electrons. The number of ether oxygens (including phenoxy) is 1. The van der Waals surface area contributed by atoms with Crippen LogP contribution in [-0.4, -0.2) is 58.7 Å². The maximum Gasteiger partial charge on any atom is 0.573 e. The summed E-state index contributed by atoms with van der Waals surface area (Å²) in [6.07, 6.45) is -1.48. The minimum Gasteiger partial charge on any atom is -0.406 e. The lowest BCUT2D eigenvalue weighted by molar-refractivity contribution is -0.274. The van der Waals surface area contributed by atoms with Gasteiger partial charge in [-0.3, -0.25) is 8.98 Å². The number of hydrogen-bond acceptors (Lipinski definition) is 9. The van der Waals surface area contributed by atoms with Gasteiger partial charge in [-0.1, -0.05) is 12.1 Å². The van der Waals surface area contributed by atoms with Crippen LogP contribution in [-0.2, 0) is 21.0 Å². The van der Waals surface area contributed by atoms with E-state index < -0.39 is 46.9 Å². The molecule has 3 aromatic rings. The van der Waals surface area contributed by atoms with Gasteiger partial charge in [0.25, 0.3) is 0 Å². The summed E-state index contributed by atoms with van der Waals surface area (Å²) in [7, 11) is -4.28. The molecule has 2 aromatic heterocycles. The third-order valence-electron chi connectivity index (χ3n) is 6.03. The molecule has 1 aromatic carbocycles. The monoisotopic (exact) mass is 573 g/mol. The number of alkyl halides is 4. The quantitative estimate of drug-likeness (QED) is 0.188. The van der Waals surface area contributed by atoms with Crippen LogP contribution in [0.25, 0.3) is 0 Å². The fraction of sp³-hybridized carbons (Fsp3) is 0.348. The summed E-state index contributed by atoms with van der Waals surface area (Å²) in [6.45, 7) is -0.401. The number of carbonyl (C=O) groups excluding carboxylic acids is 1. The number of halogens is 4. The number of nitrogens with one attached hydrogen (secondary N) is 1. The predicted molar refractivity (Wildman–Crippen MR) is 127 cm³/mol. The molecule has 11 nitrogen and oxygen atoms in total. The molecule has 1 fully saturated rings. The number of rotatable bonds is 10. The van der Waals surface area contributed by atoms with Gasteiger partial charge >= 0.3 is 16.7 Å². The second-order valence-corrected chi connectivity index (χ2v) is 10.1. The van der Waals surface area contributed by atoms with Gasteiger partial charge in [-0.05, 0) is 30.2 Å². The topological polar surface area (TPSA) is 159 Å². The summed E-state index contributed by atoms with van der Waals surface area (Å²) in [5.41, 5.74) is 0.534. The SMILES string of the molecule is NS(=O)(=O)OC[C@H]1CC[C@@](F)(Nc2ncncc2C(=O)c2ccn(Cc3cccc(OC(F)(F)F)c3)c2)[C@@H]1O. The fourth-order valence-electron chi connectivity index (χ4n) is 4.24. The zero-order chi connectivity index (χ0) is 28.4. The van der Waals surface area contributed by atoms with Crippen molar-refractivity contribution in [2.24, 2.45) is 11.1 Å². The molecule has 0 amide bonds. The first-order valence-corrected chi connectivity index (χ1v) is 12.9. The predicted octanol–water partition coefficient (Wildman–Crippen LogP) is 2.52. The Bertz CT molecular complexity index is 1450. The Balaban J connectivity index is 1.47. The average molecular weight is 574 g/mol. The van der Waals surface area contributed by atoms with Gasteiger partial charge in [0.15, 0.2) is 5.78 Å². The highest BCUT2D eigenvalue weighted by molar-refractivity contribution is 7.84. The van der Waals surface area contributed by atoms with E-state index in [-0.39, 0.29) is 42.1 Å². The molecule has 16 heteroatoms. The van der Waals surface area contributed by atoms with E-state index >= 15 is 4.39 Å². The van der Waals surface area contributed by atoms with Crippen molar-refractivity contribution in [3.63, 3.8) is 0 Å². The van der Waals surface area contributed by atoms with Gasteiger partial charge in [0.05, 0.1) is 12.2 Å². The van der Waals surface area contributed by atoms with E-state index in [2.05, 4.69) is 24.2 Å². The molecule has 4 N–H and O–H groups in total. The molecule has 210 valence electrons. The van der Waals surface area contributed by atoms with Gasteiger partial charge in [-0.15, -0.1) is 13.2 Å². The lowest BCUT2D eigenvalue weighted by Gasteiger charge is -2.28. The van der Waals surface area contributed by atoms with Crippen molar-refractivity contribution in [2.75, 3.05) is 11.9 Å².